The molecule has 0 heterocycles. The van der Waals surface area contributed by atoms with Crippen LogP contribution in [0.25, 0.3) is 0 Å². The number of carbonyl (C=O) groups excluding carboxylic acids is 1. The Morgan fingerprint density at radius 1 is 0.950 bits per heavy atom. The smallest absolute Gasteiger partial charge is 0.374 e. The number of rotatable bonds is 13. The van der Waals surface area contributed by atoms with E-state index in [4.69, 9.17) is 13.3 Å². The van der Waals surface area contributed by atoms with Gasteiger partial charge in [0.1, 0.15) is 0 Å². The van der Waals surface area contributed by atoms with E-state index < -0.39 is 8.80 Å². The van der Waals surface area contributed by atoms with Crippen LogP contribution in [-0.2, 0) is 18.1 Å². The quantitative estimate of drug-likeness (QED) is 0.420. The lowest BCUT2D eigenvalue weighted by Crippen LogP contribution is -2.46. The molecule has 6 heteroatoms. The first-order valence-corrected chi connectivity index (χ1v) is 9.75. The third-order valence-electron chi connectivity index (χ3n) is 2.83. The van der Waals surface area contributed by atoms with Crippen LogP contribution in [0.15, 0.2) is 0 Å². The number of unbranched alkanes of at least 4 members (excludes halogenated alkanes) is 1. The summed E-state index contributed by atoms with van der Waals surface area (Å²) in [5.74, 6) is 0.128. The highest BCUT2D eigenvalue weighted by molar-refractivity contribution is 6.60. The van der Waals surface area contributed by atoms with Gasteiger partial charge in [0.25, 0.3) is 0 Å². The maximum Gasteiger partial charge on any atom is 0.500 e. The maximum absolute atomic E-state index is 11.5. The monoisotopic (exact) mass is 305 g/mol. The van der Waals surface area contributed by atoms with E-state index in [9.17, 15) is 4.79 Å². The fourth-order valence-corrected chi connectivity index (χ4v) is 4.57. The van der Waals surface area contributed by atoms with Crippen LogP contribution in [0, 0.1) is 0 Å². The first-order valence-electron chi connectivity index (χ1n) is 7.82. The molecular weight excluding hydrogens is 274 g/mol. The molecule has 0 fully saturated rings. The fourth-order valence-electron chi connectivity index (χ4n) is 1.96. The minimum atomic E-state index is -2.54. The molecule has 1 amide bonds. The van der Waals surface area contributed by atoms with Crippen molar-refractivity contribution in [1.82, 2.24) is 5.32 Å². The van der Waals surface area contributed by atoms with Crippen LogP contribution in [0.2, 0.25) is 6.04 Å². The third kappa shape index (κ3) is 8.68. The molecule has 5 nitrogen and oxygen atoms in total. The van der Waals surface area contributed by atoms with Gasteiger partial charge >= 0.3 is 8.80 Å². The van der Waals surface area contributed by atoms with Crippen molar-refractivity contribution in [2.75, 3.05) is 26.4 Å². The number of carbonyl (C=O) groups is 1. The fraction of sp³-hybridized carbons (Fsp3) is 0.929. The standard InChI is InChI=1S/C14H31NO4Si/c1-5-9-11-14(16)15-12-10-13-20(17-6-2,18-7-3)19-8-4/h5-13H2,1-4H3,(H,15,16). The van der Waals surface area contributed by atoms with Crippen molar-refractivity contribution >= 4 is 14.7 Å². The summed E-state index contributed by atoms with van der Waals surface area (Å²) in [4.78, 5) is 11.5. The highest BCUT2D eigenvalue weighted by Gasteiger charge is 2.39. The van der Waals surface area contributed by atoms with Crippen LogP contribution in [0.4, 0.5) is 0 Å². The molecule has 120 valence electrons. The second-order valence-electron chi connectivity index (χ2n) is 4.54. The van der Waals surface area contributed by atoms with Gasteiger partial charge < -0.3 is 18.6 Å². The van der Waals surface area contributed by atoms with Gasteiger partial charge in [-0.1, -0.05) is 13.3 Å². The summed E-state index contributed by atoms with van der Waals surface area (Å²) in [5, 5.41) is 2.93. The molecule has 0 radical (unpaired) electrons. The Bertz CT molecular complexity index is 234. The van der Waals surface area contributed by atoms with Crippen LogP contribution in [0.3, 0.4) is 0 Å². The predicted molar refractivity (Wildman–Crippen MR) is 82.6 cm³/mol. The molecule has 0 saturated heterocycles. The minimum absolute atomic E-state index is 0.128. The molecule has 1 N–H and O–H groups in total. The van der Waals surface area contributed by atoms with E-state index in [0.29, 0.717) is 32.8 Å². The maximum atomic E-state index is 11.5. The molecule has 0 atom stereocenters. The molecule has 0 bridgehead atoms. The lowest BCUT2D eigenvalue weighted by Gasteiger charge is -2.28. The van der Waals surface area contributed by atoms with Gasteiger partial charge in [-0.05, 0) is 33.6 Å². The summed E-state index contributed by atoms with van der Waals surface area (Å²) in [6, 6.07) is 0.747. The Balaban J connectivity index is 4.08. The van der Waals surface area contributed by atoms with Crippen LogP contribution >= 0.6 is 0 Å². The van der Waals surface area contributed by atoms with Gasteiger partial charge in [-0.3, -0.25) is 4.79 Å². The lowest BCUT2D eigenvalue weighted by molar-refractivity contribution is -0.121. The second kappa shape index (κ2) is 12.3. The summed E-state index contributed by atoms with van der Waals surface area (Å²) >= 11 is 0. The van der Waals surface area contributed by atoms with Crippen LogP contribution in [0.5, 0.6) is 0 Å². The highest BCUT2D eigenvalue weighted by Crippen LogP contribution is 2.17. The number of nitrogens with one attached hydrogen (secondary N) is 1. The molecule has 0 saturated carbocycles. The van der Waals surface area contributed by atoms with Crippen molar-refractivity contribution in [3.63, 3.8) is 0 Å². The van der Waals surface area contributed by atoms with E-state index in [2.05, 4.69) is 12.2 Å². The van der Waals surface area contributed by atoms with Gasteiger partial charge in [0.15, 0.2) is 0 Å². The Morgan fingerprint density at radius 2 is 1.50 bits per heavy atom. The largest absolute Gasteiger partial charge is 0.500 e. The van der Waals surface area contributed by atoms with E-state index in [1.807, 2.05) is 20.8 Å². The zero-order valence-corrected chi connectivity index (χ0v) is 14.5. The average molecular weight is 305 g/mol. The third-order valence-corrected chi connectivity index (χ3v) is 5.98. The molecule has 0 aliphatic heterocycles. The van der Waals surface area contributed by atoms with E-state index >= 15 is 0 Å². The van der Waals surface area contributed by atoms with Crippen molar-refractivity contribution in [1.29, 1.82) is 0 Å². The summed E-state index contributed by atoms with van der Waals surface area (Å²) < 4.78 is 17.3. The zero-order valence-electron chi connectivity index (χ0n) is 13.5. The Hall–Kier alpha value is -0.433. The van der Waals surface area contributed by atoms with Crippen molar-refractivity contribution in [2.45, 2.75) is 59.4 Å². The Kier molecular flexibility index (Phi) is 12.1. The molecule has 0 rings (SSSR count). The molecule has 0 aromatic heterocycles. The minimum Gasteiger partial charge on any atom is -0.374 e. The van der Waals surface area contributed by atoms with E-state index in [0.717, 1.165) is 25.3 Å². The Morgan fingerprint density at radius 3 is 1.95 bits per heavy atom. The molecule has 20 heavy (non-hydrogen) atoms. The van der Waals surface area contributed by atoms with E-state index in [1.54, 1.807) is 0 Å². The van der Waals surface area contributed by atoms with Crippen LogP contribution in [0.1, 0.15) is 53.4 Å². The molecule has 0 aliphatic carbocycles. The van der Waals surface area contributed by atoms with Gasteiger partial charge in [0, 0.05) is 38.8 Å². The van der Waals surface area contributed by atoms with Gasteiger partial charge in [-0.2, -0.15) is 0 Å². The number of hydrogen-bond donors (Lipinski definition) is 1. The topological polar surface area (TPSA) is 56.8 Å². The van der Waals surface area contributed by atoms with Crippen molar-refractivity contribution in [2.24, 2.45) is 0 Å². The number of amides is 1. The van der Waals surface area contributed by atoms with E-state index in [-0.39, 0.29) is 5.91 Å². The molecule has 0 aliphatic rings. The van der Waals surface area contributed by atoms with Gasteiger partial charge in [-0.15, -0.1) is 0 Å². The lowest BCUT2D eigenvalue weighted by atomic mass is 10.2. The van der Waals surface area contributed by atoms with Crippen LogP contribution < -0.4 is 5.32 Å². The van der Waals surface area contributed by atoms with Gasteiger partial charge in [0.2, 0.25) is 5.91 Å². The summed E-state index contributed by atoms with van der Waals surface area (Å²) in [6.07, 6.45) is 3.43. The predicted octanol–water partition coefficient (Wildman–Crippen LogP) is 2.73. The molecule has 0 unspecified atom stereocenters. The van der Waals surface area contributed by atoms with Crippen molar-refractivity contribution in [3.05, 3.63) is 0 Å². The molecule has 0 spiro atoms. The van der Waals surface area contributed by atoms with Crippen molar-refractivity contribution < 1.29 is 18.1 Å². The highest BCUT2D eigenvalue weighted by atomic mass is 28.4. The molecular formula is C14H31NO4Si. The summed E-state index contributed by atoms with van der Waals surface area (Å²) in [6.45, 7) is 10.4. The summed E-state index contributed by atoms with van der Waals surface area (Å²) in [5.41, 5.74) is 0. The molecule has 0 aromatic carbocycles. The molecule has 0 aromatic rings. The zero-order chi connectivity index (χ0) is 15.3. The first kappa shape index (κ1) is 19.6. The second-order valence-corrected chi connectivity index (χ2v) is 7.27. The normalized spacial score (nSPS) is 11.6. The van der Waals surface area contributed by atoms with E-state index in [1.165, 1.54) is 0 Å². The summed E-state index contributed by atoms with van der Waals surface area (Å²) in [7, 11) is -2.54. The number of hydrogen-bond acceptors (Lipinski definition) is 4. The van der Waals surface area contributed by atoms with Gasteiger partial charge in [0.05, 0.1) is 0 Å². The Labute approximate surface area is 124 Å². The van der Waals surface area contributed by atoms with Gasteiger partial charge in [-0.25, -0.2) is 0 Å². The average Bonchev–Trinajstić information content (AvgIpc) is 2.42. The SMILES string of the molecule is CCCCC(=O)NCCC[Si](OCC)(OCC)OCC. The van der Waals surface area contributed by atoms with Crippen LogP contribution in [-0.4, -0.2) is 41.1 Å². The first-order chi connectivity index (χ1) is 9.64. The van der Waals surface area contributed by atoms with Crippen molar-refractivity contribution in [3.8, 4) is 0 Å².